The smallest absolute Gasteiger partial charge is 0.469 e. The number of benzene rings is 4. The first-order chi connectivity index (χ1) is 27.5. The Bertz CT molecular complexity index is 2410. The number of hydrogen-bond donors (Lipinski definition) is 4. The third kappa shape index (κ3) is 11.0. The molecule has 2 aliphatic rings. The van der Waals surface area contributed by atoms with E-state index in [2.05, 4.69) is 19.5 Å². The first-order valence-corrected chi connectivity index (χ1v) is 21.1. The van der Waals surface area contributed by atoms with Crippen LogP contribution in [0.3, 0.4) is 0 Å². The summed E-state index contributed by atoms with van der Waals surface area (Å²) in [6.07, 6.45) is -0.348. The van der Waals surface area contributed by atoms with E-state index in [1.807, 2.05) is 0 Å². The van der Waals surface area contributed by atoms with Crippen LogP contribution in [0.15, 0.2) is 82.6 Å². The van der Waals surface area contributed by atoms with Crippen LogP contribution in [0.4, 0.5) is 16.2 Å². The van der Waals surface area contributed by atoms with Crippen LogP contribution in [0.1, 0.15) is 46.2 Å². The summed E-state index contributed by atoms with van der Waals surface area (Å²) in [5.41, 5.74) is 11.2. The van der Waals surface area contributed by atoms with Crippen molar-refractivity contribution in [3.8, 4) is 0 Å². The highest BCUT2D eigenvalue weighted by atomic mass is 32.2. The van der Waals surface area contributed by atoms with Crippen molar-refractivity contribution in [3.05, 3.63) is 106 Å². The Balaban J connectivity index is 0.000000223. The molecule has 16 nitrogen and oxygen atoms in total. The summed E-state index contributed by atoms with van der Waals surface area (Å²) in [6.45, 7) is 0.578. The number of methoxy groups -OCH3 is 3. The molecule has 0 saturated carbocycles. The lowest BCUT2D eigenvalue weighted by Gasteiger charge is -2.13. The summed E-state index contributed by atoms with van der Waals surface area (Å²) in [5.74, 6) is -1.44. The first kappa shape index (κ1) is 43.9. The van der Waals surface area contributed by atoms with Crippen LogP contribution < -0.4 is 22.0 Å². The largest absolute Gasteiger partial charge is 0.491 e. The predicted octanol–water partition coefficient (Wildman–Crippen LogP) is 1.73. The first-order valence-electron chi connectivity index (χ1n) is 17.8. The molecule has 4 aromatic rings. The van der Waals surface area contributed by atoms with Gasteiger partial charge in [-0.05, 0) is 93.5 Å². The predicted molar refractivity (Wildman–Crippen MR) is 213 cm³/mol. The minimum absolute atomic E-state index is 0.0247. The standard InChI is InChI=1S/C20H22BNO8S.C18H20BNO6S/c1-28-19(23)8-5-14-10-16(22-20(24)29-2)6-7-18(14)31(26,27)12-13-3-4-15-11-30-21(25)17(15)9-13;1-25-18(21)7-4-13-9-15(20)5-6-17(13)27(23,24)11-12-2-3-14-10-26-19(22)16(14)8-12/h3-4,6-7,9-10,25H,5,8,11-12H2,1-2H3,(H,22,24);2-3,5-6,8-9,22H,4,7,10-11,20H2,1H3. The Morgan fingerprint density at radius 3 is 1.60 bits per heavy atom. The minimum Gasteiger partial charge on any atom is -0.469 e. The summed E-state index contributed by atoms with van der Waals surface area (Å²) < 4.78 is 76.4. The number of nitrogen functional groups attached to an aromatic ring is 1. The van der Waals surface area contributed by atoms with Gasteiger partial charge < -0.3 is 39.3 Å². The topological polar surface area (TPSA) is 244 Å². The Morgan fingerprint density at radius 2 is 1.14 bits per heavy atom. The van der Waals surface area contributed by atoms with E-state index < -0.39 is 51.9 Å². The number of hydrogen-bond acceptors (Lipinski definition) is 15. The fourth-order valence-corrected chi connectivity index (χ4v) is 9.62. The summed E-state index contributed by atoms with van der Waals surface area (Å²) in [7, 11) is -5.84. The second-order valence-electron chi connectivity index (χ2n) is 13.4. The maximum Gasteiger partial charge on any atom is 0.491 e. The highest BCUT2D eigenvalue weighted by molar-refractivity contribution is 7.91. The summed E-state index contributed by atoms with van der Waals surface area (Å²) >= 11 is 0. The van der Waals surface area contributed by atoms with E-state index in [4.69, 9.17) is 15.0 Å². The van der Waals surface area contributed by atoms with Crippen LogP contribution >= 0.6 is 0 Å². The molecule has 6 rings (SSSR count). The number of rotatable bonds is 13. The molecule has 20 heteroatoms. The molecule has 4 aromatic carbocycles. The number of amides is 1. The molecule has 0 saturated heterocycles. The van der Waals surface area contributed by atoms with Gasteiger partial charge >= 0.3 is 32.3 Å². The molecule has 2 heterocycles. The van der Waals surface area contributed by atoms with Crippen molar-refractivity contribution in [3.63, 3.8) is 0 Å². The van der Waals surface area contributed by atoms with Gasteiger partial charge in [0.1, 0.15) is 0 Å². The lowest BCUT2D eigenvalue weighted by molar-refractivity contribution is -0.141. The Hall–Kier alpha value is -5.24. The van der Waals surface area contributed by atoms with Gasteiger partial charge in [-0.15, -0.1) is 0 Å². The van der Waals surface area contributed by atoms with Gasteiger partial charge in [0, 0.05) is 24.2 Å². The van der Waals surface area contributed by atoms with E-state index in [9.17, 15) is 41.3 Å². The van der Waals surface area contributed by atoms with Crippen molar-refractivity contribution in [2.24, 2.45) is 0 Å². The van der Waals surface area contributed by atoms with E-state index >= 15 is 0 Å². The maximum atomic E-state index is 13.2. The van der Waals surface area contributed by atoms with E-state index in [1.54, 1.807) is 42.5 Å². The molecular weight excluding hydrogens is 794 g/mol. The van der Waals surface area contributed by atoms with Gasteiger partial charge in [0.15, 0.2) is 19.7 Å². The van der Waals surface area contributed by atoms with E-state index in [0.717, 1.165) is 11.1 Å². The molecule has 0 unspecified atom stereocenters. The van der Waals surface area contributed by atoms with Crippen LogP contribution in [0, 0.1) is 0 Å². The number of ether oxygens (including phenoxy) is 3. The average Bonchev–Trinajstić information content (AvgIpc) is 3.76. The van der Waals surface area contributed by atoms with Crippen molar-refractivity contribution >= 4 is 74.2 Å². The fourth-order valence-electron chi connectivity index (χ4n) is 6.40. The third-order valence-electron chi connectivity index (χ3n) is 9.36. The Labute approximate surface area is 336 Å². The highest BCUT2D eigenvalue weighted by Gasteiger charge is 2.30. The van der Waals surface area contributed by atoms with Crippen LogP contribution in [0.2, 0.25) is 0 Å². The zero-order valence-corrected chi connectivity index (χ0v) is 33.6. The molecular formula is C38H42B2N2O14S2. The summed E-state index contributed by atoms with van der Waals surface area (Å²) in [5, 5.41) is 22.2. The van der Waals surface area contributed by atoms with E-state index in [-0.39, 0.29) is 53.6 Å². The number of nitrogens with one attached hydrogen (secondary N) is 1. The van der Waals surface area contributed by atoms with Crippen molar-refractivity contribution in [1.29, 1.82) is 0 Å². The average molecular weight is 837 g/mol. The van der Waals surface area contributed by atoms with Gasteiger partial charge in [0.05, 0.1) is 55.8 Å². The lowest BCUT2D eigenvalue weighted by Crippen LogP contribution is -2.28. The van der Waals surface area contributed by atoms with Crippen LogP contribution in [-0.4, -0.2) is 80.5 Å². The van der Waals surface area contributed by atoms with Crippen molar-refractivity contribution < 1.29 is 64.8 Å². The lowest BCUT2D eigenvalue weighted by atomic mass is 9.79. The highest BCUT2D eigenvalue weighted by Crippen LogP contribution is 2.27. The van der Waals surface area contributed by atoms with Crippen LogP contribution in [-0.2, 0) is 90.3 Å². The van der Waals surface area contributed by atoms with Crippen molar-refractivity contribution in [1.82, 2.24) is 0 Å². The second kappa shape index (κ2) is 19.0. The molecule has 1 amide bonds. The summed E-state index contributed by atoms with van der Waals surface area (Å²) in [4.78, 5) is 34.7. The second-order valence-corrected chi connectivity index (χ2v) is 17.3. The molecule has 0 fully saturated rings. The molecule has 0 spiro atoms. The van der Waals surface area contributed by atoms with Crippen LogP contribution in [0.25, 0.3) is 0 Å². The van der Waals surface area contributed by atoms with Gasteiger partial charge in [-0.25, -0.2) is 21.6 Å². The molecule has 306 valence electrons. The van der Waals surface area contributed by atoms with E-state index in [0.29, 0.717) is 51.2 Å². The van der Waals surface area contributed by atoms with Gasteiger partial charge in [-0.2, -0.15) is 0 Å². The molecule has 0 atom stereocenters. The zero-order chi connectivity index (χ0) is 42.2. The van der Waals surface area contributed by atoms with Crippen molar-refractivity contribution in [2.75, 3.05) is 32.4 Å². The van der Waals surface area contributed by atoms with Gasteiger partial charge in [0.25, 0.3) is 0 Å². The molecule has 0 aromatic heterocycles. The molecule has 0 bridgehead atoms. The van der Waals surface area contributed by atoms with Gasteiger partial charge in [0.2, 0.25) is 0 Å². The SMILES string of the molecule is COC(=O)CCc1cc(N)ccc1S(=O)(=O)Cc1ccc2c(c1)B(O)OC2.COC(=O)CCc1cc(NC(=O)OC)ccc1S(=O)(=O)Cc1ccc2c(c1)B(O)OC2. The number of carbonyl (C=O) groups is 3. The number of anilines is 2. The molecule has 58 heavy (non-hydrogen) atoms. The van der Waals surface area contributed by atoms with Gasteiger partial charge in [-0.3, -0.25) is 14.9 Å². The number of nitrogens with two attached hydrogens (primary N) is 1. The third-order valence-corrected chi connectivity index (χ3v) is 12.9. The number of esters is 2. The maximum absolute atomic E-state index is 13.2. The number of aryl methyl sites for hydroxylation is 2. The molecule has 0 radical (unpaired) electrons. The zero-order valence-electron chi connectivity index (χ0n) is 31.9. The minimum atomic E-state index is -3.80. The molecule has 5 N–H and O–H groups in total. The van der Waals surface area contributed by atoms with Crippen LogP contribution in [0.5, 0.6) is 0 Å². The fraction of sp³-hybridized carbons (Fsp3) is 0.289. The Morgan fingerprint density at radius 1 is 0.672 bits per heavy atom. The normalized spacial score (nSPS) is 13.2. The number of sulfone groups is 2. The van der Waals surface area contributed by atoms with Crippen molar-refractivity contribution in [2.45, 2.75) is 60.2 Å². The number of fused-ring (bicyclic) bond motifs is 2. The quantitative estimate of drug-likeness (QED) is 0.0649. The van der Waals surface area contributed by atoms with E-state index in [1.165, 1.54) is 51.7 Å². The monoisotopic (exact) mass is 836 g/mol. The Kier molecular flexibility index (Phi) is 14.4. The van der Waals surface area contributed by atoms with Gasteiger partial charge in [-0.1, -0.05) is 36.4 Å². The number of carbonyl (C=O) groups excluding carboxylic acids is 3. The molecule has 0 aliphatic carbocycles. The summed E-state index contributed by atoms with van der Waals surface area (Å²) in [6, 6.07) is 19.0. The molecule has 2 aliphatic heterocycles.